The first kappa shape index (κ1) is 9.10. The van der Waals surface area contributed by atoms with Crippen molar-refractivity contribution in [3.63, 3.8) is 0 Å². The Bertz CT molecular complexity index is 323. The van der Waals surface area contributed by atoms with Crippen molar-refractivity contribution in [3.8, 4) is 0 Å². The zero-order valence-corrected chi connectivity index (χ0v) is 7.58. The van der Waals surface area contributed by atoms with Crippen molar-refractivity contribution >= 4 is 22.0 Å². The molecule has 0 amide bonds. The fourth-order valence-corrected chi connectivity index (χ4v) is 1.26. The van der Waals surface area contributed by atoms with E-state index in [0.717, 1.165) is 0 Å². The van der Waals surface area contributed by atoms with Crippen molar-refractivity contribution in [2.45, 2.75) is 6.30 Å². The van der Waals surface area contributed by atoms with Crippen LogP contribution in [0.4, 0.5) is 4.39 Å². The van der Waals surface area contributed by atoms with Crippen LogP contribution < -0.4 is 0 Å². The number of rotatable bonds is 2. The summed E-state index contributed by atoms with van der Waals surface area (Å²) >= 11 is 3.14. The maximum absolute atomic E-state index is 12.9. The first-order valence-corrected chi connectivity index (χ1v) is 4.00. The maximum Gasteiger partial charge on any atom is 0.238 e. The highest BCUT2D eigenvalue weighted by Gasteiger charge is 2.09. The number of isocyanates is 1. The molecule has 12 heavy (non-hydrogen) atoms. The van der Waals surface area contributed by atoms with Crippen LogP contribution in [0.2, 0.25) is 0 Å². The lowest BCUT2D eigenvalue weighted by Gasteiger charge is -2.02. The molecule has 0 aliphatic carbocycles. The highest BCUT2D eigenvalue weighted by atomic mass is 79.9. The van der Waals surface area contributed by atoms with Gasteiger partial charge in [-0.2, -0.15) is 4.99 Å². The third kappa shape index (κ3) is 2.00. The van der Waals surface area contributed by atoms with Crippen LogP contribution in [-0.2, 0) is 4.79 Å². The third-order valence-corrected chi connectivity index (χ3v) is 2.05. The fourth-order valence-electron chi connectivity index (χ4n) is 0.784. The van der Waals surface area contributed by atoms with Crippen LogP contribution >= 0.6 is 15.9 Å². The Morgan fingerprint density at radius 3 is 2.75 bits per heavy atom. The Balaban J connectivity index is 3.02. The number of halogens is 2. The second-order valence-corrected chi connectivity index (χ2v) is 2.93. The number of hydrogen-bond acceptors (Lipinski definition) is 2. The van der Waals surface area contributed by atoms with Crippen molar-refractivity contribution < 1.29 is 9.18 Å². The van der Waals surface area contributed by atoms with Crippen molar-refractivity contribution in [2.24, 2.45) is 4.99 Å². The van der Waals surface area contributed by atoms with Crippen LogP contribution in [0.1, 0.15) is 11.9 Å². The standard InChI is InChI=1S/C8H5BrFNO/c9-7-4-2-1-3-6(7)8(10)11-5-12/h1-4,8H. The van der Waals surface area contributed by atoms with Crippen molar-refractivity contribution in [2.75, 3.05) is 0 Å². The molecule has 0 saturated heterocycles. The summed E-state index contributed by atoms with van der Waals surface area (Å²) in [7, 11) is 0. The predicted molar refractivity (Wildman–Crippen MR) is 46.1 cm³/mol. The molecule has 0 radical (unpaired) electrons. The lowest BCUT2D eigenvalue weighted by atomic mass is 10.2. The lowest BCUT2D eigenvalue weighted by Crippen LogP contribution is -1.87. The number of hydrogen-bond donors (Lipinski definition) is 0. The predicted octanol–water partition coefficient (Wildman–Crippen LogP) is 2.75. The molecule has 0 aliphatic rings. The normalized spacial score (nSPS) is 11.8. The Morgan fingerprint density at radius 2 is 2.17 bits per heavy atom. The topological polar surface area (TPSA) is 29.4 Å². The van der Waals surface area contributed by atoms with Gasteiger partial charge >= 0.3 is 0 Å². The van der Waals surface area contributed by atoms with Gasteiger partial charge in [0, 0.05) is 10.0 Å². The number of nitrogens with zero attached hydrogens (tertiary/aromatic N) is 1. The minimum atomic E-state index is -1.63. The molecule has 0 bridgehead atoms. The number of carbonyl (C=O) groups excluding carboxylic acids is 1. The number of benzene rings is 1. The average Bonchev–Trinajstić information content (AvgIpc) is 2.05. The zero-order chi connectivity index (χ0) is 8.97. The Labute approximate surface area is 77.3 Å². The summed E-state index contributed by atoms with van der Waals surface area (Å²) in [6.45, 7) is 0. The molecule has 4 heteroatoms. The molecule has 0 aliphatic heterocycles. The molecule has 0 N–H and O–H groups in total. The van der Waals surface area contributed by atoms with Crippen molar-refractivity contribution in [1.29, 1.82) is 0 Å². The summed E-state index contributed by atoms with van der Waals surface area (Å²) in [5.41, 5.74) is 0.334. The summed E-state index contributed by atoms with van der Waals surface area (Å²) in [6, 6.07) is 6.66. The van der Waals surface area contributed by atoms with Gasteiger partial charge in [-0.3, -0.25) is 0 Å². The smallest absolute Gasteiger partial charge is 0.215 e. The monoisotopic (exact) mass is 229 g/mol. The minimum absolute atomic E-state index is 0.334. The van der Waals surface area contributed by atoms with Crippen LogP contribution in [0.5, 0.6) is 0 Å². The summed E-state index contributed by atoms with van der Waals surface area (Å²) in [6.07, 6.45) is -0.454. The molecule has 0 aromatic heterocycles. The second-order valence-electron chi connectivity index (χ2n) is 2.08. The number of alkyl halides is 1. The molecule has 2 nitrogen and oxygen atoms in total. The van der Waals surface area contributed by atoms with Gasteiger partial charge in [0.25, 0.3) is 0 Å². The minimum Gasteiger partial charge on any atom is -0.215 e. The molecule has 1 aromatic carbocycles. The largest absolute Gasteiger partial charge is 0.238 e. The van der Waals surface area contributed by atoms with Crippen LogP contribution in [0.15, 0.2) is 33.7 Å². The van der Waals surface area contributed by atoms with E-state index in [9.17, 15) is 9.18 Å². The summed E-state index contributed by atoms with van der Waals surface area (Å²) in [4.78, 5) is 12.7. The van der Waals surface area contributed by atoms with Gasteiger partial charge in [-0.05, 0) is 6.07 Å². The molecule has 0 spiro atoms. The van der Waals surface area contributed by atoms with Gasteiger partial charge < -0.3 is 0 Å². The molecular weight excluding hydrogens is 225 g/mol. The van der Waals surface area contributed by atoms with E-state index in [0.29, 0.717) is 10.0 Å². The van der Waals surface area contributed by atoms with E-state index in [-0.39, 0.29) is 0 Å². The van der Waals surface area contributed by atoms with Gasteiger partial charge in [-0.15, -0.1) is 0 Å². The van der Waals surface area contributed by atoms with Gasteiger partial charge in [0.05, 0.1) is 0 Å². The first-order chi connectivity index (χ1) is 5.75. The SMILES string of the molecule is O=C=NC(F)c1ccccc1Br. The van der Waals surface area contributed by atoms with E-state index in [1.165, 1.54) is 6.08 Å². The molecule has 0 heterocycles. The van der Waals surface area contributed by atoms with Crippen LogP contribution in [-0.4, -0.2) is 6.08 Å². The van der Waals surface area contributed by atoms with Gasteiger partial charge in [0.2, 0.25) is 12.4 Å². The quantitative estimate of drug-likeness (QED) is 0.436. The van der Waals surface area contributed by atoms with Crippen LogP contribution in [0.25, 0.3) is 0 Å². The lowest BCUT2D eigenvalue weighted by molar-refractivity contribution is 0.355. The van der Waals surface area contributed by atoms with Crippen molar-refractivity contribution in [3.05, 3.63) is 34.3 Å². The van der Waals surface area contributed by atoms with Gasteiger partial charge in [0.1, 0.15) is 0 Å². The van der Waals surface area contributed by atoms with Gasteiger partial charge in [-0.25, -0.2) is 9.18 Å². The second kappa shape index (κ2) is 4.14. The average molecular weight is 230 g/mol. The third-order valence-electron chi connectivity index (χ3n) is 1.33. The molecule has 0 fully saturated rings. The summed E-state index contributed by atoms with van der Waals surface area (Å²) in [5, 5.41) is 0. The maximum atomic E-state index is 12.9. The van der Waals surface area contributed by atoms with Gasteiger partial charge in [-0.1, -0.05) is 34.1 Å². The molecule has 1 atom stereocenters. The van der Waals surface area contributed by atoms with E-state index >= 15 is 0 Å². The first-order valence-electron chi connectivity index (χ1n) is 3.21. The fraction of sp³-hybridized carbons (Fsp3) is 0.125. The summed E-state index contributed by atoms with van der Waals surface area (Å²) in [5.74, 6) is 0. The van der Waals surface area contributed by atoms with Crippen LogP contribution in [0, 0.1) is 0 Å². The van der Waals surface area contributed by atoms with E-state index < -0.39 is 6.30 Å². The molecule has 62 valence electrons. The molecular formula is C8H5BrFNO. The molecule has 1 aromatic rings. The van der Waals surface area contributed by atoms with Crippen LogP contribution in [0.3, 0.4) is 0 Å². The zero-order valence-electron chi connectivity index (χ0n) is 6.00. The van der Waals surface area contributed by atoms with Gasteiger partial charge in [0.15, 0.2) is 0 Å². The van der Waals surface area contributed by atoms with E-state index in [4.69, 9.17) is 0 Å². The number of aliphatic imine (C=N–C) groups is 1. The van der Waals surface area contributed by atoms with E-state index in [1.807, 2.05) is 0 Å². The van der Waals surface area contributed by atoms with Crippen molar-refractivity contribution in [1.82, 2.24) is 0 Å². The Hall–Kier alpha value is -0.990. The highest BCUT2D eigenvalue weighted by molar-refractivity contribution is 9.10. The van der Waals surface area contributed by atoms with E-state index in [2.05, 4.69) is 20.9 Å². The molecule has 0 saturated carbocycles. The Morgan fingerprint density at radius 1 is 1.50 bits per heavy atom. The molecule has 1 unspecified atom stereocenters. The van der Waals surface area contributed by atoms with E-state index in [1.54, 1.807) is 24.3 Å². The Kier molecular flexibility index (Phi) is 3.14. The molecule has 1 rings (SSSR count). The highest BCUT2D eigenvalue weighted by Crippen LogP contribution is 2.26. The summed E-state index contributed by atoms with van der Waals surface area (Å²) < 4.78 is 13.5.